The smallest absolute Gasteiger partial charge is 0.242 e. The molecule has 1 N–H and O–H groups in total. The van der Waals surface area contributed by atoms with Crippen molar-refractivity contribution >= 4 is 34.4 Å². The number of amidine groups is 1. The zero-order valence-corrected chi connectivity index (χ0v) is 15.1. The Morgan fingerprint density at radius 2 is 2.00 bits per heavy atom. The van der Waals surface area contributed by atoms with Crippen molar-refractivity contribution in [2.75, 3.05) is 25.0 Å². The van der Waals surface area contributed by atoms with E-state index in [1.54, 1.807) is 29.2 Å². The van der Waals surface area contributed by atoms with E-state index in [0.717, 1.165) is 5.75 Å². The fraction of sp³-hybridized carbons (Fsp3) is 0.471. The fourth-order valence-corrected chi connectivity index (χ4v) is 3.64. The monoisotopic (exact) mass is 349 g/mol. The van der Waals surface area contributed by atoms with Crippen LogP contribution < -0.4 is 10.1 Å². The normalized spacial score (nSPS) is 19.0. The van der Waals surface area contributed by atoms with Crippen LogP contribution in [0.2, 0.25) is 0 Å². The lowest BCUT2D eigenvalue weighted by Crippen LogP contribution is -2.33. The molecule has 1 fully saturated rings. The number of hydrogen-bond acceptors (Lipinski definition) is 5. The van der Waals surface area contributed by atoms with Crippen molar-refractivity contribution in [2.24, 2.45) is 4.99 Å². The summed E-state index contributed by atoms with van der Waals surface area (Å²) >= 11 is 1.37. The highest BCUT2D eigenvalue weighted by atomic mass is 32.2. The number of nitrogens with one attached hydrogen (secondary N) is 1. The predicted molar refractivity (Wildman–Crippen MR) is 97.6 cm³/mol. The Morgan fingerprint density at radius 3 is 2.58 bits per heavy atom. The van der Waals surface area contributed by atoms with Gasteiger partial charge in [0.05, 0.1) is 6.61 Å². The van der Waals surface area contributed by atoms with Gasteiger partial charge in [-0.15, -0.1) is 0 Å². The number of amides is 2. The van der Waals surface area contributed by atoms with Gasteiger partial charge in [-0.05, 0) is 45.0 Å². The Balaban J connectivity index is 1.94. The summed E-state index contributed by atoms with van der Waals surface area (Å²) in [6.07, 6.45) is 0.135. The number of aliphatic imine (C=N–C) groups is 1. The molecule has 0 aliphatic carbocycles. The van der Waals surface area contributed by atoms with Crippen LogP contribution in [0.25, 0.3) is 0 Å². The summed E-state index contributed by atoms with van der Waals surface area (Å²) in [5.74, 6) is 0.534. The van der Waals surface area contributed by atoms with Gasteiger partial charge in [-0.3, -0.25) is 19.5 Å². The maximum atomic E-state index is 12.4. The third-order valence-corrected chi connectivity index (χ3v) is 4.66. The van der Waals surface area contributed by atoms with E-state index in [1.165, 1.54) is 11.8 Å². The van der Waals surface area contributed by atoms with Gasteiger partial charge in [0.15, 0.2) is 5.17 Å². The first-order valence-electron chi connectivity index (χ1n) is 8.14. The summed E-state index contributed by atoms with van der Waals surface area (Å²) in [6.45, 7) is 7.55. The molecule has 24 heavy (non-hydrogen) atoms. The van der Waals surface area contributed by atoms with Crippen molar-refractivity contribution in [3.63, 3.8) is 0 Å². The summed E-state index contributed by atoms with van der Waals surface area (Å²) in [6, 6.07) is 7.18. The van der Waals surface area contributed by atoms with Gasteiger partial charge in [0.2, 0.25) is 11.8 Å². The van der Waals surface area contributed by atoms with Gasteiger partial charge in [0, 0.05) is 25.2 Å². The van der Waals surface area contributed by atoms with Crippen LogP contribution in [0.15, 0.2) is 29.3 Å². The summed E-state index contributed by atoms with van der Waals surface area (Å²) < 4.78 is 5.37. The number of rotatable bonds is 7. The molecule has 1 aliphatic rings. The number of thioether (sulfide) groups is 1. The van der Waals surface area contributed by atoms with E-state index >= 15 is 0 Å². The second-order valence-electron chi connectivity index (χ2n) is 5.16. The van der Waals surface area contributed by atoms with Crippen LogP contribution in [0.3, 0.4) is 0 Å². The highest BCUT2D eigenvalue weighted by Crippen LogP contribution is 2.29. The Morgan fingerprint density at radius 1 is 1.29 bits per heavy atom. The van der Waals surface area contributed by atoms with Crippen LogP contribution in [0, 0.1) is 0 Å². The van der Waals surface area contributed by atoms with E-state index < -0.39 is 5.25 Å². The minimum absolute atomic E-state index is 0.0449. The second kappa shape index (κ2) is 8.73. The van der Waals surface area contributed by atoms with E-state index in [-0.39, 0.29) is 18.2 Å². The van der Waals surface area contributed by atoms with Gasteiger partial charge in [-0.2, -0.15) is 0 Å². The highest BCUT2D eigenvalue weighted by Gasteiger charge is 2.37. The van der Waals surface area contributed by atoms with Crippen LogP contribution in [-0.4, -0.2) is 46.8 Å². The Kier molecular flexibility index (Phi) is 6.66. The quantitative estimate of drug-likeness (QED) is 0.822. The Hall–Kier alpha value is -2.02. The highest BCUT2D eigenvalue weighted by molar-refractivity contribution is 8.15. The zero-order chi connectivity index (χ0) is 17.5. The lowest BCUT2D eigenvalue weighted by molar-refractivity contribution is -0.128. The molecule has 130 valence electrons. The molecule has 0 unspecified atom stereocenters. The van der Waals surface area contributed by atoms with Gasteiger partial charge in [0.25, 0.3) is 0 Å². The lowest BCUT2D eigenvalue weighted by Gasteiger charge is -2.13. The first-order valence-corrected chi connectivity index (χ1v) is 9.02. The Bertz CT molecular complexity index is 616. The lowest BCUT2D eigenvalue weighted by atomic mass is 10.2. The van der Waals surface area contributed by atoms with Crippen molar-refractivity contribution < 1.29 is 14.3 Å². The van der Waals surface area contributed by atoms with Crippen LogP contribution in [-0.2, 0) is 9.59 Å². The molecule has 0 aromatic heterocycles. The molecule has 0 spiro atoms. The van der Waals surface area contributed by atoms with Crippen LogP contribution >= 0.6 is 11.8 Å². The van der Waals surface area contributed by atoms with Crippen molar-refractivity contribution in [3.05, 3.63) is 24.3 Å². The van der Waals surface area contributed by atoms with Gasteiger partial charge < -0.3 is 10.1 Å². The van der Waals surface area contributed by atoms with Crippen LogP contribution in [0.5, 0.6) is 5.75 Å². The standard InChI is InChI=1S/C17H23N3O3S/c1-4-18-17-20(5-2)16(22)14(24-17)11-15(21)19-12-7-9-13(10-8-12)23-6-3/h7-10,14H,4-6,11H2,1-3H3,(H,19,21)/t14-/m0/s1. The molecule has 2 amide bonds. The summed E-state index contributed by atoms with van der Waals surface area (Å²) in [7, 11) is 0. The second-order valence-corrected chi connectivity index (χ2v) is 6.33. The number of anilines is 1. The van der Waals surface area contributed by atoms with Crippen molar-refractivity contribution in [2.45, 2.75) is 32.4 Å². The molecular weight excluding hydrogens is 326 g/mol. The van der Waals surface area contributed by atoms with Crippen molar-refractivity contribution in [1.82, 2.24) is 4.90 Å². The average Bonchev–Trinajstić information content (AvgIpc) is 2.85. The number of carbonyl (C=O) groups excluding carboxylic acids is 2. The molecule has 2 rings (SSSR count). The maximum absolute atomic E-state index is 12.4. The Labute approximate surface area is 146 Å². The van der Waals surface area contributed by atoms with E-state index in [4.69, 9.17) is 4.74 Å². The number of carbonyl (C=O) groups is 2. The van der Waals surface area contributed by atoms with Gasteiger partial charge in [-0.25, -0.2) is 0 Å². The van der Waals surface area contributed by atoms with Crippen molar-refractivity contribution in [1.29, 1.82) is 0 Å². The summed E-state index contributed by atoms with van der Waals surface area (Å²) in [5.41, 5.74) is 0.689. The molecule has 1 aromatic rings. The zero-order valence-electron chi connectivity index (χ0n) is 14.2. The summed E-state index contributed by atoms with van der Waals surface area (Å²) in [5, 5.41) is 3.13. The maximum Gasteiger partial charge on any atom is 0.242 e. The van der Waals surface area contributed by atoms with Gasteiger partial charge in [-0.1, -0.05) is 11.8 Å². The fourth-order valence-electron chi connectivity index (χ4n) is 2.37. The number of benzene rings is 1. The third kappa shape index (κ3) is 4.50. The first kappa shape index (κ1) is 18.3. The molecule has 0 radical (unpaired) electrons. The third-order valence-electron chi connectivity index (χ3n) is 3.45. The predicted octanol–water partition coefficient (Wildman–Crippen LogP) is 2.75. The minimum atomic E-state index is -0.405. The van der Waals surface area contributed by atoms with Gasteiger partial charge >= 0.3 is 0 Å². The SMILES string of the molecule is CCN=C1S[C@@H](CC(=O)Nc2ccc(OCC)cc2)C(=O)N1CC. The van der Waals surface area contributed by atoms with Gasteiger partial charge in [0.1, 0.15) is 11.0 Å². The van der Waals surface area contributed by atoms with Crippen molar-refractivity contribution in [3.8, 4) is 5.75 Å². The van der Waals surface area contributed by atoms with E-state index in [9.17, 15) is 9.59 Å². The topological polar surface area (TPSA) is 71.0 Å². The molecule has 7 heteroatoms. The molecular formula is C17H23N3O3S. The molecule has 6 nitrogen and oxygen atoms in total. The van der Waals surface area contributed by atoms with Crippen LogP contribution in [0.4, 0.5) is 5.69 Å². The average molecular weight is 349 g/mol. The number of hydrogen-bond donors (Lipinski definition) is 1. The molecule has 1 aliphatic heterocycles. The molecule has 0 saturated carbocycles. The van der Waals surface area contributed by atoms with E-state index in [1.807, 2.05) is 20.8 Å². The molecule has 1 atom stereocenters. The molecule has 1 heterocycles. The molecule has 0 bridgehead atoms. The largest absolute Gasteiger partial charge is 0.494 e. The number of ether oxygens (including phenoxy) is 1. The van der Waals surface area contributed by atoms with Crippen LogP contribution in [0.1, 0.15) is 27.2 Å². The first-order chi connectivity index (χ1) is 11.6. The minimum Gasteiger partial charge on any atom is -0.494 e. The van der Waals surface area contributed by atoms with E-state index in [0.29, 0.717) is 30.6 Å². The molecule has 1 saturated heterocycles. The number of nitrogens with zero attached hydrogens (tertiary/aromatic N) is 2. The van der Waals surface area contributed by atoms with E-state index in [2.05, 4.69) is 10.3 Å². The summed E-state index contributed by atoms with van der Waals surface area (Å²) in [4.78, 5) is 30.5. The molecule has 1 aromatic carbocycles.